The van der Waals surface area contributed by atoms with Crippen molar-refractivity contribution < 1.29 is 14.6 Å². The maximum Gasteiger partial charge on any atom is 0.210 e. The lowest BCUT2D eigenvalue weighted by Gasteiger charge is -2.46. The second-order valence-electron chi connectivity index (χ2n) is 5.62. The van der Waals surface area contributed by atoms with Crippen molar-refractivity contribution in [3.8, 4) is 0 Å². The van der Waals surface area contributed by atoms with Crippen LogP contribution < -0.4 is 5.73 Å². The lowest BCUT2D eigenvalue weighted by Crippen LogP contribution is -2.64. The quantitative estimate of drug-likeness (QED) is 0.186. The molecule has 1 amide bonds. The Hall–Kier alpha value is -1.34. The normalized spacial score (nSPS) is 17.7. The van der Waals surface area contributed by atoms with Gasteiger partial charge in [-0.2, -0.15) is 0 Å². The van der Waals surface area contributed by atoms with Gasteiger partial charge in [0.05, 0.1) is 12.1 Å². The number of nitrogens with two attached hydrogens (primary N) is 1. The third-order valence-electron chi connectivity index (χ3n) is 4.05. The van der Waals surface area contributed by atoms with Gasteiger partial charge in [-0.3, -0.25) is 4.79 Å². The van der Waals surface area contributed by atoms with Gasteiger partial charge in [0.2, 0.25) is 6.41 Å². The molecular weight excluding hydrogens is 286 g/mol. The van der Waals surface area contributed by atoms with E-state index in [2.05, 4.69) is 10.0 Å². The summed E-state index contributed by atoms with van der Waals surface area (Å²) >= 11 is 0. The fourth-order valence-electron chi connectivity index (χ4n) is 2.79. The second kappa shape index (κ2) is 10.4. The van der Waals surface area contributed by atoms with E-state index < -0.39 is 17.7 Å². The summed E-state index contributed by atoms with van der Waals surface area (Å²) in [6, 6.07) is -0.821. The van der Waals surface area contributed by atoms with Crippen molar-refractivity contribution in [3.05, 3.63) is 10.4 Å². The van der Waals surface area contributed by atoms with Crippen molar-refractivity contribution in [2.45, 2.75) is 63.8 Å². The summed E-state index contributed by atoms with van der Waals surface area (Å²) in [7, 11) is 1.51. The molecule has 0 spiro atoms. The molecule has 8 heteroatoms. The van der Waals surface area contributed by atoms with Gasteiger partial charge in [-0.1, -0.05) is 12.0 Å². The zero-order chi connectivity index (χ0) is 17.2. The first-order valence-electron chi connectivity index (χ1n) is 7.59. The molecule has 4 atom stereocenters. The van der Waals surface area contributed by atoms with Gasteiger partial charge >= 0.3 is 0 Å². The number of aliphatic hydroxyl groups is 1. The predicted molar refractivity (Wildman–Crippen MR) is 85.2 cm³/mol. The Morgan fingerprint density at radius 1 is 1.55 bits per heavy atom. The van der Waals surface area contributed by atoms with E-state index >= 15 is 0 Å². The molecule has 3 N–H and O–H groups in total. The van der Waals surface area contributed by atoms with Crippen LogP contribution in [0.3, 0.4) is 0 Å². The SMILES string of the molecule is CC[C@@H](O)[C@@](C)(OC)[C@@H]([C@@H](C)N)N(C=O)CCCCN=[N+]=[N-]. The Labute approximate surface area is 132 Å². The Morgan fingerprint density at radius 2 is 2.18 bits per heavy atom. The Balaban J connectivity index is 5.07. The van der Waals surface area contributed by atoms with Crippen LogP contribution in [-0.2, 0) is 9.53 Å². The van der Waals surface area contributed by atoms with Gasteiger partial charge in [0.15, 0.2) is 0 Å². The van der Waals surface area contributed by atoms with Crippen molar-refractivity contribution in [1.29, 1.82) is 0 Å². The van der Waals surface area contributed by atoms with Crippen LogP contribution in [-0.4, -0.2) is 60.4 Å². The van der Waals surface area contributed by atoms with E-state index in [1.54, 1.807) is 18.7 Å². The summed E-state index contributed by atoms with van der Waals surface area (Å²) in [6.45, 7) is 6.27. The first-order chi connectivity index (χ1) is 10.4. The lowest BCUT2D eigenvalue weighted by atomic mass is 9.83. The topological polar surface area (TPSA) is 125 Å². The summed E-state index contributed by atoms with van der Waals surface area (Å²) in [6.07, 6.45) is 1.86. The van der Waals surface area contributed by atoms with Crippen LogP contribution in [0.2, 0.25) is 0 Å². The number of ether oxygens (including phenoxy) is 1. The summed E-state index contributed by atoms with van der Waals surface area (Å²) in [5.41, 5.74) is 13.4. The molecule has 0 rings (SSSR count). The Morgan fingerprint density at radius 3 is 2.59 bits per heavy atom. The minimum atomic E-state index is -0.950. The van der Waals surface area contributed by atoms with Gasteiger partial charge in [-0.05, 0) is 38.6 Å². The monoisotopic (exact) mass is 315 g/mol. The molecular formula is C14H29N5O3. The number of amides is 1. The van der Waals surface area contributed by atoms with Gasteiger partial charge in [0, 0.05) is 31.2 Å². The van der Waals surface area contributed by atoms with Crippen LogP contribution in [0.15, 0.2) is 5.11 Å². The number of nitrogens with zero attached hydrogens (tertiary/aromatic N) is 4. The van der Waals surface area contributed by atoms with E-state index in [1.165, 1.54) is 7.11 Å². The zero-order valence-electron chi connectivity index (χ0n) is 14.0. The molecule has 8 nitrogen and oxygen atoms in total. The maximum absolute atomic E-state index is 11.5. The lowest BCUT2D eigenvalue weighted by molar-refractivity contribution is -0.152. The first kappa shape index (κ1) is 20.7. The summed E-state index contributed by atoms with van der Waals surface area (Å²) in [5, 5.41) is 13.8. The Bertz CT molecular complexity index is 373. The maximum atomic E-state index is 11.5. The number of azide groups is 1. The highest BCUT2D eigenvalue weighted by Crippen LogP contribution is 2.27. The highest BCUT2D eigenvalue weighted by atomic mass is 16.5. The largest absolute Gasteiger partial charge is 0.390 e. The molecule has 0 aromatic carbocycles. The molecule has 128 valence electrons. The second-order valence-corrected chi connectivity index (χ2v) is 5.62. The third kappa shape index (κ3) is 5.46. The van der Waals surface area contributed by atoms with Crippen molar-refractivity contribution in [3.63, 3.8) is 0 Å². The van der Waals surface area contributed by atoms with E-state index in [0.717, 1.165) is 6.41 Å². The van der Waals surface area contributed by atoms with Gasteiger partial charge < -0.3 is 20.5 Å². The molecule has 0 unspecified atom stereocenters. The molecule has 0 bridgehead atoms. The van der Waals surface area contributed by atoms with Crippen LogP contribution in [0.25, 0.3) is 10.4 Å². The van der Waals surface area contributed by atoms with Crippen LogP contribution in [0.5, 0.6) is 0 Å². The number of methoxy groups -OCH3 is 1. The van der Waals surface area contributed by atoms with Gasteiger partial charge in [0.1, 0.15) is 5.60 Å². The molecule has 0 heterocycles. The number of carbonyl (C=O) groups is 1. The van der Waals surface area contributed by atoms with Crippen LogP contribution >= 0.6 is 0 Å². The van der Waals surface area contributed by atoms with Crippen LogP contribution in [0, 0.1) is 0 Å². The van der Waals surface area contributed by atoms with E-state index in [0.29, 0.717) is 32.4 Å². The number of hydrogen-bond donors (Lipinski definition) is 2. The molecule has 0 fully saturated rings. The fraction of sp³-hybridized carbons (Fsp3) is 0.929. The van der Waals surface area contributed by atoms with Gasteiger partial charge in [0.25, 0.3) is 0 Å². The van der Waals surface area contributed by atoms with Gasteiger partial charge in [-0.15, -0.1) is 0 Å². The number of rotatable bonds is 12. The van der Waals surface area contributed by atoms with E-state index in [1.807, 2.05) is 6.92 Å². The first-order valence-corrected chi connectivity index (χ1v) is 7.59. The minimum Gasteiger partial charge on any atom is -0.390 e. The summed E-state index contributed by atoms with van der Waals surface area (Å²) in [5.74, 6) is 0. The minimum absolute atomic E-state index is 0.367. The Kier molecular flexibility index (Phi) is 9.76. The predicted octanol–water partition coefficient (Wildman–Crippen LogP) is 1.43. The highest BCUT2D eigenvalue weighted by Gasteiger charge is 2.45. The molecule has 0 saturated heterocycles. The molecule has 0 aromatic rings. The molecule has 0 aliphatic carbocycles. The van der Waals surface area contributed by atoms with Crippen molar-refractivity contribution in [2.24, 2.45) is 10.8 Å². The molecule has 0 radical (unpaired) electrons. The van der Waals surface area contributed by atoms with Crippen molar-refractivity contribution in [2.75, 3.05) is 20.2 Å². The summed E-state index contributed by atoms with van der Waals surface area (Å²) in [4.78, 5) is 15.8. The van der Waals surface area contributed by atoms with Gasteiger partial charge in [-0.25, -0.2) is 0 Å². The highest BCUT2D eigenvalue weighted by molar-refractivity contribution is 5.48. The number of unbranched alkanes of at least 4 members (excludes halogenated alkanes) is 1. The number of carbonyl (C=O) groups excluding carboxylic acids is 1. The van der Waals surface area contributed by atoms with E-state index in [-0.39, 0.29) is 6.04 Å². The molecule has 0 aromatic heterocycles. The number of aliphatic hydroxyl groups excluding tert-OH is 1. The zero-order valence-corrected chi connectivity index (χ0v) is 14.0. The molecule has 0 aliphatic heterocycles. The smallest absolute Gasteiger partial charge is 0.210 e. The van der Waals surface area contributed by atoms with E-state index in [9.17, 15) is 9.90 Å². The van der Waals surface area contributed by atoms with Crippen molar-refractivity contribution in [1.82, 2.24) is 4.90 Å². The standard InChI is InChI=1S/C14H29N5O3/c1-5-12(21)14(3,22-4)13(11(2)15)19(10-20)9-7-6-8-17-18-16/h10-13,21H,5-9,15H2,1-4H3/t11-,12-,13-,14-/m1/s1. The molecule has 0 aliphatic rings. The molecule has 22 heavy (non-hydrogen) atoms. The van der Waals surface area contributed by atoms with E-state index in [4.69, 9.17) is 16.0 Å². The fourth-order valence-corrected chi connectivity index (χ4v) is 2.79. The summed E-state index contributed by atoms with van der Waals surface area (Å²) < 4.78 is 5.54. The van der Waals surface area contributed by atoms with Crippen LogP contribution in [0.1, 0.15) is 40.0 Å². The average Bonchev–Trinajstić information content (AvgIpc) is 2.51. The number of hydrogen-bond acceptors (Lipinski definition) is 5. The molecule has 0 saturated carbocycles. The van der Waals surface area contributed by atoms with Crippen molar-refractivity contribution >= 4 is 6.41 Å². The third-order valence-corrected chi connectivity index (χ3v) is 4.05. The van der Waals surface area contributed by atoms with Crippen LogP contribution in [0.4, 0.5) is 0 Å². The average molecular weight is 315 g/mol.